The lowest BCUT2D eigenvalue weighted by molar-refractivity contribution is -0.141. The highest BCUT2D eigenvalue weighted by Crippen LogP contribution is 2.45. The second kappa shape index (κ2) is 5.77. The van der Waals surface area contributed by atoms with Crippen molar-refractivity contribution in [3.05, 3.63) is 30.2 Å². The number of carboxylic acid groups (broad SMARTS) is 1. The van der Waals surface area contributed by atoms with Gasteiger partial charge >= 0.3 is 5.97 Å². The highest BCUT2D eigenvalue weighted by molar-refractivity contribution is 7.99. The Morgan fingerprint density at radius 3 is 2.88 bits per heavy atom. The van der Waals surface area contributed by atoms with Gasteiger partial charge in [0.15, 0.2) is 5.65 Å². The molecule has 7 nitrogen and oxygen atoms in total. The van der Waals surface area contributed by atoms with E-state index >= 15 is 0 Å². The lowest BCUT2D eigenvalue weighted by atomic mass is 9.80. The molecule has 1 spiro atoms. The summed E-state index contributed by atoms with van der Waals surface area (Å²) in [5, 5.41) is 17.5. The molecule has 4 rings (SSSR count). The van der Waals surface area contributed by atoms with Crippen LogP contribution in [-0.2, 0) is 4.79 Å². The molecule has 0 saturated carbocycles. The third kappa shape index (κ3) is 2.45. The zero-order chi connectivity index (χ0) is 16.7. The van der Waals surface area contributed by atoms with Crippen molar-refractivity contribution in [1.29, 1.82) is 0 Å². The van der Waals surface area contributed by atoms with Crippen LogP contribution in [0, 0.1) is 5.41 Å². The van der Waals surface area contributed by atoms with Gasteiger partial charge in [0.25, 0.3) is 5.91 Å². The van der Waals surface area contributed by atoms with Crippen LogP contribution in [0.2, 0.25) is 0 Å². The number of thioether (sulfide) groups is 1. The van der Waals surface area contributed by atoms with E-state index in [1.165, 1.54) is 11.2 Å². The molecule has 1 unspecified atom stereocenters. The number of carbonyl (C=O) groups excluding carboxylic acids is 1. The minimum Gasteiger partial charge on any atom is -0.480 e. The Kier molecular flexibility index (Phi) is 3.71. The van der Waals surface area contributed by atoms with Gasteiger partial charge in [-0.25, -0.2) is 4.79 Å². The molecule has 2 saturated heterocycles. The molecule has 4 heterocycles. The molecule has 24 heavy (non-hydrogen) atoms. The van der Waals surface area contributed by atoms with Gasteiger partial charge in [0.05, 0.1) is 5.56 Å². The molecule has 2 aliphatic rings. The standard InChI is InChI=1S/C16H18N4O3S/c21-14(11-2-1-5-19-10-17-18-13(11)19)20-9-16(3-6-24-7-4-16)8-12(20)15(22)23/h1-2,5,10,12H,3-4,6-9H2,(H,22,23). The predicted molar refractivity (Wildman–Crippen MR) is 89.1 cm³/mol. The van der Waals surface area contributed by atoms with E-state index in [0.29, 0.717) is 24.2 Å². The molecular formula is C16H18N4O3S. The fraction of sp³-hybridized carbons (Fsp3) is 0.500. The van der Waals surface area contributed by atoms with Crippen molar-refractivity contribution in [1.82, 2.24) is 19.5 Å². The first-order chi connectivity index (χ1) is 11.6. The van der Waals surface area contributed by atoms with Crippen LogP contribution in [0.15, 0.2) is 24.7 Å². The number of nitrogens with zero attached hydrogens (tertiary/aromatic N) is 4. The summed E-state index contributed by atoms with van der Waals surface area (Å²) < 4.78 is 1.67. The van der Waals surface area contributed by atoms with Gasteiger partial charge in [-0.3, -0.25) is 9.20 Å². The Balaban J connectivity index is 1.69. The fourth-order valence-corrected chi connectivity index (χ4v) is 5.19. The molecule has 8 heteroatoms. The largest absolute Gasteiger partial charge is 0.480 e. The Morgan fingerprint density at radius 2 is 2.12 bits per heavy atom. The first-order valence-corrected chi connectivity index (χ1v) is 9.15. The van der Waals surface area contributed by atoms with Gasteiger partial charge in [-0.15, -0.1) is 10.2 Å². The lowest BCUT2D eigenvalue weighted by Gasteiger charge is -2.32. The molecule has 1 N–H and O–H groups in total. The van der Waals surface area contributed by atoms with Gasteiger partial charge in [0.1, 0.15) is 12.4 Å². The monoisotopic (exact) mass is 346 g/mol. The number of rotatable bonds is 2. The molecule has 0 bridgehead atoms. The Morgan fingerprint density at radius 1 is 1.33 bits per heavy atom. The molecule has 0 radical (unpaired) electrons. The van der Waals surface area contributed by atoms with Gasteiger partial charge in [-0.05, 0) is 48.3 Å². The molecule has 2 aromatic rings. The quantitative estimate of drug-likeness (QED) is 0.887. The minimum atomic E-state index is -0.924. The molecule has 0 aromatic carbocycles. The molecule has 126 valence electrons. The molecule has 2 aliphatic heterocycles. The number of carboxylic acids is 1. The van der Waals surface area contributed by atoms with Crippen molar-refractivity contribution in [2.24, 2.45) is 5.41 Å². The number of likely N-dealkylation sites (tertiary alicyclic amines) is 1. The molecule has 0 aliphatic carbocycles. The van der Waals surface area contributed by atoms with Gasteiger partial charge < -0.3 is 10.0 Å². The van der Waals surface area contributed by atoms with Crippen LogP contribution in [0.5, 0.6) is 0 Å². The van der Waals surface area contributed by atoms with E-state index in [1.54, 1.807) is 22.7 Å². The third-order valence-electron chi connectivity index (χ3n) is 5.16. The average Bonchev–Trinajstić information content (AvgIpc) is 3.20. The van der Waals surface area contributed by atoms with Crippen LogP contribution in [-0.4, -0.2) is 60.6 Å². The van der Waals surface area contributed by atoms with Gasteiger partial charge in [0.2, 0.25) is 0 Å². The Hall–Kier alpha value is -2.09. The van der Waals surface area contributed by atoms with Crippen LogP contribution in [0.1, 0.15) is 29.6 Å². The number of carbonyl (C=O) groups is 2. The van der Waals surface area contributed by atoms with Crippen molar-refractivity contribution < 1.29 is 14.7 Å². The van der Waals surface area contributed by atoms with Crippen molar-refractivity contribution in [3.63, 3.8) is 0 Å². The smallest absolute Gasteiger partial charge is 0.326 e. The van der Waals surface area contributed by atoms with E-state index in [0.717, 1.165) is 24.3 Å². The van der Waals surface area contributed by atoms with Crippen molar-refractivity contribution in [2.45, 2.75) is 25.3 Å². The SMILES string of the molecule is O=C(O)C1CC2(CCSCC2)CN1C(=O)c1cccn2cnnc12. The van der Waals surface area contributed by atoms with Gasteiger partial charge in [-0.1, -0.05) is 0 Å². The molecule has 2 fully saturated rings. The summed E-state index contributed by atoms with van der Waals surface area (Å²) in [6, 6.07) is 2.68. The summed E-state index contributed by atoms with van der Waals surface area (Å²) in [4.78, 5) is 26.4. The third-order valence-corrected chi connectivity index (χ3v) is 6.15. The van der Waals surface area contributed by atoms with E-state index in [-0.39, 0.29) is 11.3 Å². The van der Waals surface area contributed by atoms with Crippen LogP contribution in [0.4, 0.5) is 0 Å². The first kappa shape index (κ1) is 15.4. The number of aromatic nitrogens is 3. The maximum atomic E-state index is 13.1. The zero-order valence-corrected chi connectivity index (χ0v) is 13.9. The summed E-state index contributed by atoms with van der Waals surface area (Å²) in [5.41, 5.74) is 0.818. The molecule has 2 aromatic heterocycles. The normalized spacial score (nSPS) is 23.0. The van der Waals surface area contributed by atoms with Gasteiger partial charge in [-0.2, -0.15) is 11.8 Å². The van der Waals surface area contributed by atoms with Crippen LogP contribution in [0.3, 0.4) is 0 Å². The summed E-state index contributed by atoms with van der Waals surface area (Å²) >= 11 is 1.90. The maximum Gasteiger partial charge on any atom is 0.326 e. The second-order valence-corrected chi connectivity index (χ2v) is 7.81. The highest BCUT2D eigenvalue weighted by atomic mass is 32.2. The number of amides is 1. The second-order valence-electron chi connectivity index (χ2n) is 6.59. The van der Waals surface area contributed by atoms with E-state index < -0.39 is 12.0 Å². The topological polar surface area (TPSA) is 87.8 Å². The number of hydrogen-bond donors (Lipinski definition) is 1. The molecular weight excluding hydrogens is 328 g/mol. The van der Waals surface area contributed by atoms with Crippen LogP contribution >= 0.6 is 11.8 Å². The summed E-state index contributed by atoms with van der Waals surface area (Å²) in [5.74, 6) is 0.880. The zero-order valence-electron chi connectivity index (χ0n) is 13.1. The number of hydrogen-bond acceptors (Lipinski definition) is 5. The molecule has 1 atom stereocenters. The average molecular weight is 346 g/mol. The van der Waals surface area contributed by atoms with E-state index in [4.69, 9.17) is 0 Å². The number of aliphatic carboxylic acids is 1. The van der Waals surface area contributed by atoms with Gasteiger partial charge in [0, 0.05) is 12.7 Å². The Labute approximate surface area is 143 Å². The maximum absolute atomic E-state index is 13.1. The van der Waals surface area contributed by atoms with E-state index in [9.17, 15) is 14.7 Å². The van der Waals surface area contributed by atoms with E-state index in [1.807, 2.05) is 11.8 Å². The fourth-order valence-electron chi connectivity index (χ4n) is 3.83. The number of pyridine rings is 1. The Bertz CT molecular complexity index is 799. The molecule has 1 amide bonds. The summed E-state index contributed by atoms with van der Waals surface area (Å²) in [7, 11) is 0. The van der Waals surface area contributed by atoms with Crippen LogP contribution in [0.25, 0.3) is 5.65 Å². The van der Waals surface area contributed by atoms with Crippen molar-refractivity contribution in [2.75, 3.05) is 18.1 Å². The minimum absolute atomic E-state index is 0.0529. The van der Waals surface area contributed by atoms with E-state index in [2.05, 4.69) is 10.2 Å². The highest BCUT2D eigenvalue weighted by Gasteiger charge is 2.49. The first-order valence-electron chi connectivity index (χ1n) is 8.00. The predicted octanol–water partition coefficient (Wildman–Crippen LogP) is 1.54. The van der Waals surface area contributed by atoms with Crippen LogP contribution < -0.4 is 0 Å². The summed E-state index contributed by atoms with van der Waals surface area (Å²) in [6.45, 7) is 0.512. The lowest BCUT2D eigenvalue weighted by Crippen LogP contribution is -2.41. The summed E-state index contributed by atoms with van der Waals surface area (Å²) in [6.07, 6.45) is 5.79. The van der Waals surface area contributed by atoms with Crippen molar-refractivity contribution >= 4 is 29.3 Å². The number of fused-ring (bicyclic) bond motifs is 1. The van der Waals surface area contributed by atoms with Crippen molar-refractivity contribution in [3.8, 4) is 0 Å².